The molecule has 8 heteroatoms. The summed E-state index contributed by atoms with van der Waals surface area (Å²) in [5.41, 5.74) is 0. The Morgan fingerprint density at radius 2 is 1.04 bits per heavy atom. The van der Waals surface area contributed by atoms with E-state index in [1.54, 1.807) is 0 Å². The average molecular weight is 771 g/mol. The second-order valence-electron chi connectivity index (χ2n) is 15.2. The second-order valence-corrected chi connectivity index (χ2v) is 15.2. The predicted molar refractivity (Wildman–Crippen MR) is 229 cm³/mol. The third kappa shape index (κ3) is 36.2. The molecule has 55 heavy (non-hydrogen) atoms. The molecule has 0 saturated carbocycles. The largest absolute Gasteiger partial charge is 0.477 e. The van der Waals surface area contributed by atoms with Gasteiger partial charge in [-0.1, -0.05) is 132 Å². The van der Waals surface area contributed by atoms with Crippen molar-refractivity contribution in [2.75, 3.05) is 41.0 Å². The Bertz CT molecular complexity index is 1130. The number of carboxylic acid groups (broad SMARTS) is 1. The van der Waals surface area contributed by atoms with Crippen molar-refractivity contribution < 1.29 is 38.2 Å². The van der Waals surface area contributed by atoms with Gasteiger partial charge in [-0.2, -0.15) is 0 Å². The summed E-state index contributed by atoms with van der Waals surface area (Å²) < 4.78 is 17.2. The number of esters is 2. The summed E-state index contributed by atoms with van der Waals surface area (Å²) in [5, 5.41) is 9.61. The zero-order chi connectivity index (χ0) is 40.7. The van der Waals surface area contributed by atoms with Crippen molar-refractivity contribution in [3.8, 4) is 0 Å². The summed E-state index contributed by atoms with van der Waals surface area (Å²) in [6.07, 6.45) is 46.6. The van der Waals surface area contributed by atoms with Gasteiger partial charge in [-0.3, -0.25) is 9.59 Å². The minimum absolute atomic E-state index is 0.0371. The third-order valence-electron chi connectivity index (χ3n) is 9.09. The number of likely N-dealkylation sites (N-methyl/N-ethyl adjacent to an activating group) is 1. The second kappa shape index (κ2) is 37.7. The van der Waals surface area contributed by atoms with Crippen LogP contribution < -0.4 is 0 Å². The molecule has 0 aromatic rings. The molecule has 0 radical (unpaired) electrons. The maximum atomic E-state index is 12.7. The van der Waals surface area contributed by atoms with Gasteiger partial charge >= 0.3 is 17.9 Å². The lowest BCUT2D eigenvalue weighted by molar-refractivity contribution is -0.887. The summed E-state index contributed by atoms with van der Waals surface area (Å²) >= 11 is 0. The molecular weight excluding hydrogens is 691 g/mol. The molecule has 0 rings (SSSR count). The van der Waals surface area contributed by atoms with Crippen molar-refractivity contribution in [3.63, 3.8) is 0 Å². The van der Waals surface area contributed by atoms with Gasteiger partial charge in [-0.15, -0.1) is 0 Å². The molecule has 314 valence electrons. The normalized spacial score (nSPS) is 13.7. The molecule has 0 amide bonds. The maximum absolute atomic E-state index is 12.7. The highest BCUT2D eigenvalue weighted by atomic mass is 16.6. The first-order chi connectivity index (χ1) is 26.6. The predicted octanol–water partition coefficient (Wildman–Crippen LogP) is 11.6. The van der Waals surface area contributed by atoms with Gasteiger partial charge in [0, 0.05) is 19.3 Å². The molecule has 2 unspecified atom stereocenters. The highest BCUT2D eigenvalue weighted by molar-refractivity contribution is 5.72. The van der Waals surface area contributed by atoms with Crippen LogP contribution in [0, 0.1) is 0 Å². The standard InChI is InChI=1S/C47H79NO7/c1-6-8-10-12-14-16-18-20-22-23-24-26-27-29-31-33-35-37-45(49)54-42-43(41-53-40-39-44(47(51)52)48(3,4)5)55-46(50)38-36-34-32-30-28-25-21-19-17-15-13-11-9-7-2/h9,11,14-17,20,22,24,26,29,31,43-44H,6-8,10,12-13,18-19,21,23,25,27-28,30,32-42H2,1-5H3/p+1/b11-9+,16-14+,17-15+,22-20+,26-24+,31-29+. The van der Waals surface area contributed by atoms with Crippen LogP contribution in [0.3, 0.4) is 0 Å². The van der Waals surface area contributed by atoms with Crippen molar-refractivity contribution in [1.29, 1.82) is 0 Å². The molecule has 0 aromatic heterocycles. The van der Waals surface area contributed by atoms with E-state index in [0.29, 0.717) is 19.3 Å². The zero-order valence-corrected chi connectivity index (χ0v) is 35.6. The fourth-order valence-electron chi connectivity index (χ4n) is 5.77. The van der Waals surface area contributed by atoms with Crippen molar-refractivity contribution in [2.24, 2.45) is 0 Å². The van der Waals surface area contributed by atoms with Crippen LogP contribution in [-0.2, 0) is 28.6 Å². The Hall–Kier alpha value is -3.23. The number of ether oxygens (including phenoxy) is 3. The van der Waals surface area contributed by atoms with Crippen molar-refractivity contribution in [3.05, 3.63) is 72.9 Å². The number of nitrogens with zero attached hydrogens (tertiary/aromatic N) is 1. The number of carboxylic acids is 1. The number of hydrogen-bond acceptors (Lipinski definition) is 6. The van der Waals surface area contributed by atoms with Crippen LogP contribution in [0.5, 0.6) is 0 Å². The Labute approximate surface area is 336 Å². The van der Waals surface area contributed by atoms with E-state index in [0.717, 1.165) is 70.6 Å². The first-order valence-corrected chi connectivity index (χ1v) is 21.5. The summed E-state index contributed by atoms with van der Waals surface area (Å²) in [6.45, 7) is 4.52. The van der Waals surface area contributed by atoms with Crippen molar-refractivity contribution >= 4 is 17.9 Å². The lowest BCUT2D eigenvalue weighted by atomic mass is 10.1. The van der Waals surface area contributed by atoms with Gasteiger partial charge in [0.2, 0.25) is 0 Å². The van der Waals surface area contributed by atoms with Crippen LogP contribution in [0.2, 0.25) is 0 Å². The Kier molecular flexibility index (Phi) is 35.5. The van der Waals surface area contributed by atoms with Gasteiger partial charge in [-0.25, -0.2) is 4.79 Å². The quantitative estimate of drug-likeness (QED) is 0.0291. The summed E-state index contributed by atoms with van der Waals surface area (Å²) in [6, 6.07) is -0.627. The van der Waals surface area contributed by atoms with Crippen LogP contribution in [0.1, 0.15) is 155 Å². The topological polar surface area (TPSA) is 99.1 Å². The lowest BCUT2D eigenvalue weighted by Crippen LogP contribution is -2.50. The number of aliphatic carboxylic acids is 1. The molecule has 1 N–H and O–H groups in total. The number of carbonyl (C=O) groups is 3. The minimum atomic E-state index is -0.887. The molecule has 0 fully saturated rings. The number of hydrogen-bond donors (Lipinski definition) is 1. The monoisotopic (exact) mass is 771 g/mol. The zero-order valence-electron chi connectivity index (χ0n) is 35.6. The summed E-state index contributed by atoms with van der Waals surface area (Å²) in [7, 11) is 5.50. The lowest BCUT2D eigenvalue weighted by Gasteiger charge is -2.31. The van der Waals surface area contributed by atoms with E-state index in [9.17, 15) is 19.5 Å². The van der Waals surface area contributed by atoms with E-state index in [1.807, 2.05) is 21.1 Å². The van der Waals surface area contributed by atoms with E-state index in [4.69, 9.17) is 14.2 Å². The molecule has 0 bridgehead atoms. The van der Waals surface area contributed by atoms with E-state index in [2.05, 4.69) is 86.8 Å². The molecule has 0 aromatic carbocycles. The van der Waals surface area contributed by atoms with Crippen molar-refractivity contribution in [2.45, 2.75) is 167 Å². The molecule has 0 aliphatic rings. The van der Waals surface area contributed by atoms with Crippen LogP contribution in [0.15, 0.2) is 72.9 Å². The molecular formula is C47H80NO7+. The fourth-order valence-corrected chi connectivity index (χ4v) is 5.77. The number of carbonyl (C=O) groups excluding carboxylic acids is 2. The highest BCUT2D eigenvalue weighted by Crippen LogP contribution is 2.13. The van der Waals surface area contributed by atoms with E-state index in [-0.39, 0.29) is 42.7 Å². The molecule has 0 aliphatic carbocycles. The number of quaternary nitrogens is 1. The molecule has 2 atom stereocenters. The molecule has 8 nitrogen and oxygen atoms in total. The number of allylic oxidation sites excluding steroid dienone is 12. The Morgan fingerprint density at radius 1 is 0.564 bits per heavy atom. The molecule has 0 aliphatic heterocycles. The van der Waals surface area contributed by atoms with E-state index < -0.39 is 18.1 Å². The van der Waals surface area contributed by atoms with Gasteiger partial charge in [0.25, 0.3) is 0 Å². The van der Waals surface area contributed by atoms with Gasteiger partial charge in [0.1, 0.15) is 6.61 Å². The minimum Gasteiger partial charge on any atom is -0.477 e. The van der Waals surface area contributed by atoms with Gasteiger partial charge in [-0.05, 0) is 77.0 Å². The fraction of sp³-hybridized carbons (Fsp3) is 0.681. The maximum Gasteiger partial charge on any atom is 0.362 e. The first-order valence-electron chi connectivity index (χ1n) is 21.5. The SMILES string of the molecule is CC/C=C/C/C=C/CCCCCCCCCC(=O)OC(COCCC(C(=O)O)[N+](C)(C)C)COC(=O)CCC/C=C/C/C=C/C/C=C/C/C=C/CCCCC. The number of rotatable bonds is 37. The van der Waals surface area contributed by atoms with Gasteiger partial charge in [0.15, 0.2) is 12.1 Å². The van der Waals surface area contributed by atoms with Gasteiger partial charge in [0.05, 0.1) is 34.4 Å². The van der Waals surface area contributed by atoms with Crippen molar-refractivity contribution in [1.82, 2.24) is 0 Å². The first kappa shape index (κ1) is 51.8. The highest BCUT2D eigenvalue weighted by Gasteiger charge is 2.31. The van der Waals surface area contributed by atoms with Crippen LogP contribution in [-0.4, -0.2) is 80.6 Å². The molecule has 0 heterocycles. The van der Waals surface area contributed by atoms with E-state index in [1.165, 1.54) is 44.9 Å². The van der Waals surface area contributed by atoms with Crippen LogP contribution in [0.4, 0.5) is 0 Å². The van der Waals surface area contributed by atoms with Crippen LogP contribution >= 0.6 is 0 Å². The van der Waals surface area contributed by atoms with E-state index >= 15 is 0 Å². The smallest absolute Gasteiger partial charge is 0.362 e. The Balaban J connectivity index is 4.47. The molecule has 0 saturated heterocycles. The Morgan fingerprint density at radius 3 is 1.56 bits per heavy atom. The van der Waals surface area contributed by atoms with Gasteiger partial charge < -0.3 is 23.8 Å². The molecule has 0 spiro atoms. The van der Waals surface area contributed by atoms with Crippen LogP contribution in [0.25, 0.3) is 0 Å². The third-order valence-corrected chi connectivity index (χ3v) is 9.09. The summed E-state index contributed by atoms with van der Waals surface area (Å²) in [4.78, 5) is 36.9. The summed E-state index contributed by atoms with van der Waals surface area (Å²) in [5.74, 6) is -1.56. The number of unbranched alkanes of at least 4 members (excludes halogenated alkanes) is 11. The average Bonchev–Trinajstić information content (AvgIpc) is 3.14.